The van der Waals surface area contributed by atoms with Crippen LogP contribution < -0.4 is 5.32 Å². The maximum atomic E-state index is 12.3. The van der Waals surface area contributed by atoms with E-state index < -0.39 is 0 Å². The average Bonchev–Trinajstić information content (AvgIpc) is 3.06. The van der Waals surface area contributed by atoms with Gasteiger partial charge in [0, 0.05) is 43.1 Å². The first kappa shape index (κ1) is 17.0. The predicted molar refractivity (Wildman–Crippen MR) is 86.9 cm³/mol. The zero-order chi connectivity index (χ0) is 15.9. The van der Waals surface area contributed by atoms with E-state index in [1.807, 2.05) is 15.7 Å². The van der Waals surface area contributed by atoms with E-state index in [1.165, 1.54) is 11.3 Å². The number of likely N-dealkylation sites (tertiary alicyclic amines) is 1. The SMILES string of the molecule is CC1CCC(CO)CN1C(=O)CCCNC(=O)c1ccsc1. The Hall–Kier alpha value is -1.40. The van der Waals surface area contributed by atoms with Gasteiger partial charge in [-0.05, 0) is 43.6 Å². The number of aliphatic hydroxyl groups excluding tert-OH is 1. The van der Waals surface area contributed by atoms with E-state index in [9.17, 15) is 14.7 Å². The number of carbonyl (C=O) groups is 2. The summed E-state index contributed by atoms with van der Waals surface area (Å²) in [6.07, 6.45) is 3.01. The fourth-order valence-electron chi connectivity index (χ4n) is 2.76. The van der Waals surface area contributed by atoms with Gasteiger partial charge in [0.15, 0.2) is 0 Å². The zero-order valence-electron chi connectivity index (χ0n) is 13.0. The Morgan fingerprint density at radius 3 is 2.95 bits per heavy atom. The molecule has 0 radical (unpaired) electrons. The summed E-state index contributed by atoms with van der Waals surface area (Å²) in [4.78, 5) is 25.9. The summed E-state index contributed by atoms with van der Waals surface area (Å²) in [6.45, 7) is 3.36. The first-order valence-corrected chi connectivity index (χ1v) is 8.76. The second-order valence-electron chi connectivity index (χ2n) is 5.89. The second kappa shape index (κ2) is 8.29. The molecule has 2 atom stereocenters. The van der Waals surface area contributed by atoms with Gasteiger partial charge in [-0.2, -0.15) is 11.3 Å². The van der Waals surface area contributed by atoms with Crippen LogP contribution in [0.25, 0.3) is 0 Å². The maximum Gasteiger partial charge on any atom is 0.252 e. The van der Waals surface area contributed by atoms with Gasteiger partial charge in [0.1, 0.15) is 0 Å². The molecular weight excluding hydrogens is 300 g/mol. The van der Waals surface area contributed by atoms with Gasteiger partial charge >= 0.3 is 0 Å². The van der Waals surface area contributed by atoms with Gasteiger partial charge in [0.2, 0.25) is 5.91 Å². The van der Waals surface area contributed by atoms with Crippen molar-refractivity contribution in [3.63, 3.8) is 0 Å². The van der Waals surface area contributed by atoms with Gasteiger partial charge in [-0.3, -0.25) is 9.59 Å². The number of thiophene rings is 1. The van der Waals surface area contributed by atoms with Gasteiger partial charge < -0.3 is 15.3 Å². The highest BCUT2D eigenvalue weighted by molar-refractivity contribution is 7.08. The minimum absolute atomic E-state index is 0.0830. The number of aliphatic hydroxyl groups is 1. The monoisotopic (exact) mass is 324 g/mol. The number of rotatable bonds is 6. The molecule has 1 aliphatic heterocycles. The van der Waals surface area contributed by atoms with Crippen LogP contribution in [0.5, 0.6) is 0 Å². The molecule has 1 aromatic rings. The minimum atomic E-state index is -0.0830. The van der Waals surface area contributed by atoms with Crippen LogP contribution in [0, 0.1) is 5.92 Å². The summed E-state index contributed by atoms with van der Waals surface area (Å²) in [5.41, 5.74) is 0.673. The van der Waals surface area contributed by atoms with Crippen LogP contribution >= 0.6 is 11.3 Å². The number of hydrogen-bond donors (Lipinski definition) is 2. The molecule has 2 unspecified atom stereocenters. The topological polar surface area (TPSA) is 69.6 Å². The number of piperidine rings is 1. The van der Waals surface area contributed by atoms with E-state index >= 15 is 0 Å². The summed E-state index contributed by atoms with van der Waals surface area (Å²) >= 11 is 1.49. The fraction of sp³-hybridized carbons (Fsp3) is 0.625. The molecule has 1 saturated heterocycles. The van der Waals surface area contributed by atoms with E-state index in [4.69, 9.17) is 0 Å². The first-order chi connectivity index (χ1) is 10.6. The summed E-state index contributed by atoms with van der Waals surface area (Å²) in [7, 11) is 0. The molecule has 0 aliphatic carbocycles. The summed E-state index contributed by atoms with van der Waals surface area (Å²) in [5.74, 6) is 0.245. The van der Waals surface area contributed by atoms with Gasteiger partial charge in [-0.25, -0.2) is 0 Å². The highest BCUT2D eigenvalue weighted by Crippen LogP contribution is 2.22. The largest absolute Gasteiger partial charge is 0.396 e. The van der Waals surface area contributed by atoms with Crippen molar-refractivity contribution in [3.8, 4) is 0 Å². The average molecular weight is 324 g/mol. The molecule has 1 fully saturated rings. The van der Waals surface area contributed by atoms with Crippen LogP contribution in [-0.4, -0.2) is 47.6 Å². The summed E-state index contributed by atoms with van der Waals surface area (Å²) < 4.78 is 0. The molecule has 5 nitrogen and oxygen atoms in total. The molecule has 2 N–H and O–H groups in total. The second-order valence-corrected chi connectivity index (χ2v) is 6.67. The van der Waals surface area contributed by atoms with Crippen molar-refractivity contribution >= 4 is 23.2 Å². The number of nitrogens with one attached hydrogen (secondary N) is 1. The lowest BCUT2D eigenvalue weighted by molar-refractivity contribution is -0.136. The Bertz CT molecular complexity index is 490. The van der Waals surface area contributed by atoms with Crippen LogP contribution in [0.3, 0.4) is 0 Å². The smallest absolute Gasteiger partial charge is 0.252 e. The van der Waals surface area contributed by atoms with Crippen LogP contribution in [0.2, 0.25) is 0 Å². The molecule has 122 valence electrons. The Morgan fingerprint density at radius 2 is 2.27 bits per heavy atom. The quantitative estimate of drug-likeness (QED) is 0.785. The van der Waals surface area contributed by atoms with Crippen LogP contribution in [0.15, 0.2) is 16.8 Å². The lowest BCUT2D eigenvalue weighted by Crippen LogP contribution is -2.46. The van der Waals surface area contributed by atoms with Crippen molar-refractivity contribution in [1.82, 2.24) is 10.2 Å². The highest BCUT2D eigenvalue weighted by atomic mass is 32.1. The van der Waals surface area contributed by atoms with Crippen molar-refractivity contribution in [3.05, 3.63) is 22.4 Å². The Labute approximate surface area is 135 Å². The number of amides is 2. The summed E-state index contributed by atoms with van der Waals surface area (Å²) in [6, 6.07) is 2.03. The Balaban J connectivity index is 1.70. The molecule has 6 heteroatoms. The molecular formula is C16H24N2O3S. The molecule has 0 bridgehead atoms. The number of carbonyl (C=O) groups excluding carboxylic acids is 2. The van der Waals surface area contributed by atoms with E-state index in [-0.39, 0.29) is 30.4 Å². The van der Waals surface area contributed by atoms with E-state index in [0.717, 1.165) is 12.8 Å². The molecule has 2 heterocycles. The fourth-order valence-corrected chi connectivity index (χ4v) is 3.40. The molecule has 0 saturated carbocycles. The van der Waals surface area contributed by atoms with Crippen LogP contribution in [0.1, 0.15) is 43.0 Å². The van der Waals surface area contributed by atoms with E-state index in [1.54, 1.807) is 6.07 Å². The lowest BCUT2D eigenvalue weighted by atomic mass is 9.94. The third kappa shape index (κ3) is 4.55. The van der Waals surface area contributed by atoms with Gasteiger partial charge in [-0.15, -0.1) is 0 Å². The molecule has 22 heavy (non-hydrogen) atoms. The van der Waals surface area contributed by atoms with Crippen molar-refractivity contribution in [2.75, 3.05) is 19.7 Å². The normalized spacial score (nSPS) is 21.6. The Kier molecular flexibility index (Phi) is 6.39. The predicted octanol–water partition coefficient (Wildman–Crippen LogP) is 1.88. The Morgan fingerprint density at radius 1 is 1.45 bits per heavy atom. The standard InChI is InChI=1S/C16H24N2O3S/c1-12-4-5-13(10-19)9-18(12)15(20)3-2-7-17-16(21)14-6-8-22-11-14/h6,8,11-13,19H,2-5,7,9-10H2,1H3,(H,17,21). The van der Waals surface area contributed by atoms with Gasteiger partial charge in [0.25, 0.3) is 5.91 Å². The maximum absolute atomic E-state index is 12.3. The minimum Gasteiger partial charge on any atom is -0.396 e. The zero-order valence-corrected chi connectivity index (χ0v) is 13.8. The molecule has 0 spiro atoms. The van der Waals surface area contributed by atoms with Crippen molar-refractivity contribution < 1.29 is 14.7 Å². The van der Waals surface area contributed by atoms with Gasteiger partial charge in [0.05, 0.1) is 0 Å². The first-order valence-electron chi connectivity index (χ1n) is 7.82. The van der Waals surface area contributed by atoms with Crippen molar-refractivity contribution in [2.24, 2.45) is 5.92 Å². The van der Waals surface area contributed by atoms with Crippen LogP contribution in [0.4, 0.5) is 0 Å². The lowest BCUT2D eigenvalue weighted by Gasteiger charge is -2.37. The summed E-state index contributed by atoms with van der Waals surface area (Å²) in [5, 5.41) is 15.8. The molecule has 1 aliphatic rings. The van der Waals surface area contributed by atoms with Crippen molar-refractivity contribution in [1.29, 1.82) is 0 Å². The molecule has 1 aromatic heterocycles. The number of nitrogens with zero attached hydrogens (tertiary/aromatic N) is 1. The highest BCUT2D eigenvalue weighted by Gasteiger charge is 2.28. The van der Waals surface area contributed by atoms with E-state index in [0.29, 0.717) is 31.5 Å². The molecule has 0 aromatic carbocycles. The van der Waals surface area contributed by atoms with E-state index in [2.05, 4.69) is 12.2 Å². The van der Waals surface area contributed by atoms with Crippen LogP contribution in [-0.2, 0) is 4.79 Å². The molecule has 2 rings (SSSR count). The van der Waals surface area contributed by atoms with Crippen molar-refractivity contribution in [2.45, 2.75) is 38.6 Å². The third-order valence-electron chi connectivity index (χ3n) is 4.19. The van der Waals surface area contributed by atoms with Gasteiger partial charge in [-0.1, -0.05) is 0 Å². The molecule has 2 amide bonds. The number of hydrogen-bond acceptors (Lipinski definition) is 4. The third-order valence-corrected chi connectivity index (χ3v) is 4.88.